The molecule has 0 N–H and O–H groups in total. The van der Waals surface area contributed by atoms with Gasteiger partial charge in [-0.2, -0.15) is 0 Å². The fraction of sp³-hybridized carbons (Fsp3) is 0.0476. The van der Waals surface area contributed by atoms with Crippen molar-refractivity contribution in [3.8, 4) is 17.2 Å². The normalized spacial score (nSPS) is 10.1. The highest BCUT2D eigenvalue weighted by molar-refractivity contribution is 5.78. The van der Waals surface area contributed by atoms with Gasteiger partial charge < -0.3 is 9.47 Å². The van der Waals surface area contributed by atoms with Crippen LogP contribution >= 0.6 is 0 Å². The van der Waals surface area contributed by atoms with Crippen LogP contribution in [-0.2, 0) is 0 Å². The summed E-state index contributed by atoms with van der Waals surface area (Å²) in [5.74, 6) is 2.48. The molecular weight excluding hydrogens is 284 g/mol. The summed E-state index contributed by atoms with van der Waals surface area (Å²) in [5, 5.41) is 0. The van der Waals surface area contributed by atoms with E-state index in [1.807, 2.05) is 78.9 Å². The van der Waals surface area contributed by atoms with Gasteiger partial charge in [0.1, 0.15) is 17.2 Å². The van der Waals surface area contributed by atoms with Crippen LogP contribution in [0.4, 0.5) is 0 Å². The van der Waals surface area contributed by atoms with E-state index in [1.165, 1.54) is 0 Å². The third-order valence-electron chi connectivity index (χ3n) is 3.62. The second kappa shape index (κ2) is 6.84. The number of hydrogen-bond donors (Lipinski definition) is 0. The van der Waals surface area contributed by atoms with Crippen molar-refractivity contribution in [1.82, 2.24) is 0 Å². The van der Waals surface area contributed by atoms with Crippen LogP contribution in [0.5, 0.6) is 17.2 Å². The average molecular weight is 302 g/mol. The summed E-state index contributed by atoms with van der Waals surface area (Å²) in [6.07, 6.45) is 0. The lowest BCUT2D eigenvalue weighted by atomic mass is 9.99. The highest BCUT2D eigenvalue weighted by Crippen LogP contribution is 2.27. The highest BCUT2D eigenvalue weighted by atomic mass is 16.5. The Hall–Kier alpha value is -3.00. The van der Waals surface area contributed by atoms with E-state index in [9.17, 15) is 0 Å². The second-order valence-electron chi connectivity index (χ2n) is 5.15. The molecule has 3 aromatic rings. The van der Waals surface area contributed by atoms with Crippen LogP contribution in [0.15, 0.2) is 85.4 Å². The third kappa shape index (κ3) is 3.61. The molecule has 0 heterocycles. The molecule has 3 rings (SSSR count). The topological polar surface area (TPSA) is 18.5 Å². The molecule has 3 aromatic carbocycles. The van der Waals surface area contributed by atoms with Gasteiger partial charge in [-0.25, -0.2) is 0 Å². The minimum Gasteiger partial charge on any atom is -0.497 e. The Balaban J connectivity index is 1.74. The SMILES string of the molecule is C=C(c1ccc(OC)cc1)c1ccc(Oc2ccccc2)cc1. The Morgan fingerprint density at radius 3 is 1.65 bits per heavy atom. The molecule has 2 nitrogen and oxygen atoms in total. The van der Waals surface area contributed by atoms with Gasteiger partial charge in [-0.05, 0) is 53.1 Å². The lowest BCUT2D eigenvalue weighted by Crippen LogP contribution is -1.89. The molecule has 2 heteroatoms. The number of benzene rings is 3. The van der Waals surface area contributed by atoms with Crippen LogP contribution in [0, 0.1) is 0 Å². The Labute approximate surface area is 136 Å². The van der Waals surface area contributed by atoms with E-state index in [1.54, 1.807) is 7.11 Å². The van der Waals surface area contributed by atoms with Crippen molar-refractivity contribution >= 4 is 5.57 Å². The van der Waals surface area contributed by atoms with Gasteiger partial charge in [-0.3, -0.25) is 0 Å². The lowest BCUT2D eigenvalue weighted by molar-refractivity contribution is 0.415. The molecule has 23 heavy (non-hydrogen) atoms. The first-order valence-corrected chi connectivity index (χ1v) is 7.43. The van der Waals surface area contributed by atoms with Crippen molar-refractivity contribution in [1.29, 1.82) is 0 Å². The van der Waals surface area contributed by atoms with E-state index in [-0.39, 0.29) is 0 Å². The molecule has 0 saturated heterocycles. The standard InChI is InChI=1S/C21H18O2/c1-16(17-8-12-19(22-2)13-9-17)18-10-14-21(15-11-18)23-20-6-4-3-5-7-20/h3-15H,1H2,2H3. The van der Waals surface area contributed by atoms with Crippen LogP contribution in [0.2, 0.25) is 0 Å². The Bertz CT molecular complexity index is 772. The molecular formula is C21H18O2. The minimum absolute atomic E-state index is 0.808. The van der Waals surface area contributed by atoms with Crippen molar-refractivity contribution in [3.63, 3.8) is 0 Å². The van der Waals surface area contributed by atoms with Gasteiger partial charge in [-0.15, -0.1) is 0 Å². The highest BCUT2D eigenvalue weighted by Gasteiger charge is 2.04. The number of ether oxygens (including phenoxy) is 2. The first-order valence-electron chi connectivity index (χ1n) is 7.43. The minimum atomic E-state index is 0.808. The van der Waals surface area contributed by atoms with Crippen LogP contribution in [0.1, 0.15) is 11.1 Å². The van der Waals surface area contributed by atoms with Gasteiger partial charge in [0.05, 0.1) is 7.11 Å². The Morgan fingerprint density at radius 2 is 1.13 bits per heavy atom. The maximum atomic E-state index is 5.80. The molecule has 0 amide bonds. The van der Waals surface area contributed by atoms with Crippen molar-refractivity contribution in [3.05, 3.63) is 96.6 Å². The van der Waals surface area contributed by atoms with E-state index in [2.05, 4.69) is 6.58 Å². The molecule has 0 aromatic heterocycles. The summed E-state index contributed by atoms with van der Waals surface area (Å²) >= 11 is 0. The van der Waals surface area contributed by atoms with Crippen LogP contribution in [0.3, 0.4) is 0 Å². The monoisotopic (exact) mass is 302 g/mol. The van der Waals surface area contributed by atoms with Crippen LogP contribution in [0.25, 0.3) is 5.57 Å². The molecule has 0 bridgehead atoms. The number of hydrogen-bond acceptors (Lipinski definition) is 2. The number of methoxy groups -OCH3 is 1. The molecule has 0 fully saturated rings. The van der Waals surface area contributed by atoms with Crippen molar-refractivity contribution < 1.29 is 9.47 Å². The summed E-state index contributed by atoms with van der Waals surface area (Å²) in [6.45, 7) is 4.18. The summed E-state index contributed by atoms with van der Waals surface area (Å²) in [6, 6.07) is 25.6. The largest absolute Gasteiger partial charge is 0.497 e. The Kier molecular flexibility index (Phi) is 4.44. The second-order valence-corrected chi connectivity index (χ2v) is 5.15. The summed E-state index contributed by atoms with van der Waals surface area (Å²) in [7, 11) is 1.66. The maximum Gasteiger partial charge on any atom is 0.127 e. The van der Waals surface area contributed by atoms with E-state index in [4.69, 9.17) is 9.47 Å². The fourth-order valence-corrected chi connectivity index (χ4v) is 2.31. The summed E-state index contributed by atoms with van der Waals surface area (Å²) in [5.41, 5.74) is 3.11. The zero-order valence-electron chi connectivity index (χ0n) is 13.0. The molecule has 0 radical (unpaired) electrons. The molecule has 0 aliphatic rings. The van der Waals surface area contributed by atoms with E-state index < -0.39 is 0 Å². The lowest BCUT2D eigenvalue weighted by Gasteiger charge is -2.09. The van der Waals surface area contributed by atoms with E-state index in [0.717, 1.165) is 33.9 Å². The zero-order valence-corrected chi connectivity index (χ0v) is 13.0. The van der Waals surface area contributed by atoms with Gasteiger partial charge in [0.25, 0.3) is 0 Å². The predicted octanol–water partition coefficient (Wildman–Crippen LogP) is 5.55. The molecule has 0 aliphatic heterocycles. The number of rotatable bonds is 5. The predicted molar refractivity (Wildman–Crippen MR) is 94.1 cm³/mol. The fourth-order valence-electron chi connectivity index (χ4n) is 2.31. The van der Waals surface area contributed by atoms with Gasteiger partial charge in [0.15, 0.2) is 0 Å². The van der Waals surface area contributed by atoms with Crippen molar-refractivity contribution in [2.45, 2.75) is 0 Å². The van der Waals surface area contributed by atoms with Gasteiger partial charge in [0, 0.05) is 0 Å². The molecule has 0 spiro atoms. The first-order chi connectivity index (χ1) is 11.3. The van der Waals surface area contributed by atoms with Crippen molar-refractivity contribution in [2.75, 3.05) is 7.11 Å². The summed E-state index contributed by atoms with van der Waals surface area (Å²) < 4.78 is 11.0. The maximum absolute atomic E-state index is 5.80. The number of para-hydroxylation sites is 1. The van der Waals surface area contributed by atoms with Crippen LogP contribution < -0.4 is 9.47 Å². The average Bonchev–Trinajstić information content (AvgIpc) is 2.63. The van der Waals surface area contributed by atoms with Crippen LogP contribution in [-0.4, -0.2) is 7.11 Å². The third-order valence-corrected chi connectivity index (χ3v) is 3.62. The van der Waals surface area contributed by atoms with Crippen molar-refractivity contribution in [2.24, 2.45) is 0 Å². The molecule has 0 aliphatic carbocycles. The Morgan fingerprint density at radius 1 is 0.652 bits per heavy atom. The van der Waals surface area contributed by atoms with Gasteiger partial charge >= 0.3 is 0 Å². The first kappa shape index (κ1) is 14.9. The van der Waals surface area contributed by atoms with Gasteiger partial charge in [0.2, 0.25) is 0 Å². The molecule has 0 saturated carbocycles. The van der Waals surface area contributed by atoms with E-state index in [0.29, 0.717) is 0 Å². The quantitative estimate of drug-likeness (QED) is 0.615. The van der Waals surface area contributed by atoms with Gasteiger partial charge in [-0.1, -0.05) is 49.0 Å². The molecule has 114 valence electrons. The zero-order chi connectivity index (χ0) is 16.1. The molecule has 0 atom stereocenters. The smallest absolute Gasteiger partial charge is 0.127 e. The molecule has 0 unspecified atom stereocenters. The van der Waals surface area contributed by atoms with E-state index >= 15 is 0 Å². The summed E-state index contributed by atoms with van der Waals surface area (Å²) in [4.78, 5) is 0.